The normalized spacial score (nSPS) is 19.8. The number of H-pyrrole nitrogens is 1. The number of benzene rings is 1. The molecule has 1 aliphatic rings. The fourth-order valence-electron chi connectivity index (χ4n) is 4.53. The SMILES string of the molecule is COC(=O)[C@@]1(C(C(N)=O)c2ccc3cc[nH]c3c2)CCN(c2cncc(C(F)(F)F)c2)C1. The monoisotopic (exact) mass is 446 g/mol. The van der Waals surface area contributed by atoms with Crippen molar-refractivity contribution < 1.29 is 27.5 Å². The van der Waals surface area contributed by atoms with Gasteiger partial charge in [0.2, 0.25) is 5.91 Å². The number of aromatic amines is 1. The number of carbonyl (C=O) groups is 2. The Morgan fingerprint density at radius 3 is 2.72 bits per heavy atom. The summed E-state index contributed by atoms with van der Waals surface area (Å²) in [7, 11) is 1.21. The van der Waals surface area contributed by atoms with Crippen LogP contribution in [0.15, 0.2) is 48.9 Å². The zero-order chi connectivity index (χ0) is 23.1. The van der Waals surface area contributed by atoms with Crippen LogP contribution in [0.25, 0.3) is 10.9 Å². The summed E-state index contributed by atoms with van der Waals surface area (Å²) in [6, 6.07) is 8.14. The van der Waals surface area contributed by atoms with E-state index in [1.807, 2.05) is 12.1 Å². The minimum atomic E-state index is -4.55. The smallest absolute Gasteiger partial charge is 0.417 e. The van der Waals surface area contributed by atoms with E-state index in [1.54, 1.807) is 23.2 Å². The molecule has 1 fully saturated rings. The van der Waals surface area contributed by atoms with Crippen molar-refractivity contribution in [3.63, 3.8) is 0 Å². The first kappa shape index (κ1) is 21.7. The summed E-state index contributed by atoms with van der Waals surface area (Å²) in [5.41, 5.74) is 5.02. The van der Waals surface area contributed by atoms with Gasteiger partial charge < -0.3 is 20.4 Å². The van der Waals surface area contributed by atoms with Crippen LogP contribution < -0.4 is 10.6 Å². The number of hydrogen-bond donors (Lipinski definition) is 2. The molecule has 1 unspecified atom stereocenters. The van der Waals surface area contributed by atoms with E-state index in [1.165, 1.54) is 13.3 Å². The topological polar surface area (TPSA) is 101 Å². The molecule has 0 bridgehead atoms. The molecule has 1 aromatic carbocycles. The second-order valence-corrected chi connectivity index (χ2v) is 7.91. The van der Waals surface area contributed by atoms with Gasteiger partial charge >= 0.3 is 12.1 Å². The Hall–Kier alpha value is -3.56. The lowest BCUT2D eigenvalue weighted by Gasteiger charge is -2.33. The van der Waals surface area contributed by atoms with Gasteiger partial charge in [0.15, 0.2) is 0 Å². The minimum absolute atomic E-state index is 0.0426. The third kappa shape index (κ3) is 3.65. The number of primary amides is 1. The number of amides is 1. The van der Waals surface area contributed by atoms with Gasteiger partial charge in [-0.3, -0.25) is 14.6 Å². The molecule has 1 aliphatic heterocycles. The van der Waals surface area contributed by atoms with Crippen LogP contribution in [0.2, 0.25) is 0 Å². The van der Waals surface area contributed by atoms with Gasteiger partial charge in [-0.1, -0.05) is 12.1 Å². The number of esters is 1. The first-order chi connectivity index (χ1) is 15.2. The molecule has 1 amide bonds. The Morgan fingerprint density at radius 2 is 2.03 bits per heavy atom. The van der Waals surface area contributed by atoms with E-state index in [4.69, 9.17) is 10.5 Å². The van der Waals surface area contributed by atoms with Crippen molar-refractivity contribution in [1.82, 2.24) is 9.97 Å². The molecule has 3 aromatic rings. The number of anilines is 1. The number of hydrogen-bond acceptors (Lipinski definition) is 5. The number of fused-ring (bicyclic) bond motifs is 1. The molecule has 2 aromatic heterocycles. The molecule has 1 saturated heterocycles. The van der Waals surface area contributed by atoms with Gasteiger partial charge in [0.25, 0.3) is 0 Å². The molecule has 0 radical (unpaired) electrons. The van der Waals surface area contributed by atoms with E-state index in [2.05, 4.69) is 9.97 Å². The average molecular weight is 446 g/mol. The number of alkyl halides is 3. The summed E-state index contributed by atoms with van der Waals surface area (Å²) in [6.45, 7) is 0.186. The lowest BCUT2D eigenvalue weighted by atomic mass is 9.70. The summed E-state index contributed by atoms with van der Waals surface area (Å²) in [5.74, 6) is -2.40. The van der Waals surface area contributed by atoms with Gasteiger partial charge in [0.05, 0.1) is 30.5 Å². The molecule has 32 heavy (non-hydrogen) atoms. The highest BCUT2D eigenvalue weighted by molar-refractivity contribution is 5.93. The van der Waals surface area contributed by atoms with Crippen LogP contribution in [0, 0.1) is 5.41 Å². The van der Waals surface area contributed by atoms with Gasteiger partial charge in [-0.25, -0.2) is 0 Å². The van der Waals surface area contributed by atoms with Crippen molar-refractivity contribution in [2.45, 2.75) is 18.5 Å². The molecule has 0 spiro atoms. The molecule has 3 N–H and O–H groups in total. The van der Waals surface area contributed by atoms with E-state index in [0.717, 1.165) is 23.2 Å². The van der Waals surface area contributed by atoms with E-state index in [0.29, 0.717) is 5.56 Å². The predicted molar refractivity (Wildman–Crippen MR) is 111 cm³/mol. The van der Waals surface area contributed by atoms with Crippen LogP contribution in [-0.4, -0.2) is 42.0 Å². The predicted octanol–water partition coefficient (Wildman–Crippen LogP) is 3.22. The van der Waals surface area contributed by atoms with E-state index in [-0.39, 0.29) is 25.2 Å². The summed E-state index contributed by atoms with van der Waals surface area (Å²) < 4.78 is 44.5. The third-order valence-electron chi connectivity index (χ3n) is 6.06. The number of rotatable bonds is 5. The molecule has 2 atom stereocenters. The second-order valence-electron chi connectivity index (χ2n) is 7.91. The highest BCUT2D eigenvalue weighted by Gasteiger charge is 2.54. The fraction of sp³-hybridized carbons (Fsp3) is 0.318. The first-order valence-corrected chi connectivity index (χ1v) is 9.88. The maximum Gasteiger partial charge on any atom is 0.417 e. The minimum Gasteiger partial charge on any atom is -0.469 e. The van der Waals surface area contributed by atoms with E-state index >= 15 is 0 Å². The largest absolute Gasteiger partial charge is 0.469 e. The standard InChI is InChI=1S/C22H21F3N4O3/c1-32-20(31)21(18(19(26)30)14-3-2-13-4-6-28-17(13)8-14)5-7-29(12-21)16-9-15(10-27-11-16)22(23,24)25/h2-4,6,8-11,18,28H,5,7,12H2,1H3,(H2,26,30)/t18?,21-/m0/s1. The van der Waals surface area contributed by atoms with Crippen molar-refractivity contribution >= 4 is 28.5 Å². The van der Waals surface area contributed by atoms with Gasteiger partial charge in [-0.05, 0) is 35.6 Å². The zero-order valence-electron chi connectivity index (χ0n) is 17.1. The van der Waals surface area contributed by atoms with Crippen LogP contribution >= 0.6 is 0 Å². The van der Waals surface area contributed by atoms with Crippen molar-refractivity contribution in [3.05, 3.63) is 60.0 Å². The van der Waals surface area contributed by atoms with Crippen molar-refractivity contribution in [2.24, 2.45) is 11.1 Å². The molecule has 4 rings (SSSR count). The highest BCUT2D eigenvalue weighted by atomic mass is 19.4. The summed E-state index contributed by atoms with van der Waals surface area (Å²) in [4.78, 5) is 34.0. The number of aromatic nitrogens is 2. The molecule has 3 heterocycles. The van der Waals surface area contributed by atoms with Crippen LogP contribution in [0.4, 0.5) is 18.9 Å². The molecular weight excluding hydrogens is 425 g/mol. The first-order valence-electron chi connectivity index (χ1n) is 9.88. The summed E-state index contributed by atoms with van der Waals surface area (Å²) in [5, 5.41) is 0.923. The van der Waals surface area contributed by atoms with E-state index in [9.17, 15) is 22.8 Å². The number of methoxy groups -OCH3 is 1. The lowest BCUT2D eigenvalue weighted by molar-refractivity contribution is -0.155. The quantitative estimate of drug-likeness (QED) is 0.586. The number of ether oxygens (including phenoxy) is 1. The van der Waals surface area contributed by atoms with Gasteiger partial charge in [0.1, 0.15) is 5.41 Å². The number of halogens is 3. The van der Waals surface area contributed by atoms with Gasteiger partial charge in [-0.15, -0.1) is 0 Å². The molecule has 0 aliphatic carbocycles. The second kappa shape index (κ2) is 7.85. The Kier molecular flexibility index (Phi) is 5.31. The van der Waals surface area contributed by atoms with Crippen LogP contribution in [0.5, 0.6) is 0 Å². The Morgan fingerprint density at radius 1 is 1.25 bits per heavy atom. The van der Waals surface area contributed by atoms with Crippen molar-refractivity contribution in [2.75, 3.05) is 25.1 Å². The average Bonchev–Trinajstić information content (AvgIpc) is 3.40. The van der Waals surface area contributed by atoms with Gasteiger partial charge in [-0.2, -0.15) is 13.2 Å². The van der Waals surface area contributed by atoms with Crippen molar-refractivity contribution in [1.29, 1.82) is 0 Å². The summed E-state index contributed by atoms with van der Waals surface area (Å²) >= 11 is 0. The van der Waals surface area contributed by atoms with Crippen molar-refractivity contribution in [3.8, 4) is 0 Å². The number of carbonyl (C=O) groups excluding carboxylic acids is 2. The Bertz CT molecular complexity index is 1180. The number of nitrogens with one attached hydrogen (secondary N) is 1. The highest BCUT2D eigenvalue weighted by Crippen LogP contribution is 2.46. The third-order valence-corrected chi connectivity index (χ3v) is 6.06. The molecule has 10 heteroatoms. The number of nitrogens with zero attached hydrogens (tertiary/aromatic N) is 2. The number of nitrogens with two attached hydrogens (primary N) is 1. The maximum atomic E-state index is 13.1. The Labute approximate surface area is 181 Å². The zero-order valence-corrected chi connectivity index (χ0v) is 17.1. The van der Waals surface area contributed by atoms with Crippen LogP contribution in [0.3, 0.4) is 0 Å². The Balaban J connectivity index is 1.75. The number of pyridine rings is 1. The van der Waals surface area contributed by atoms with E-state index < -0.39 is 34.9 Å². The molecule has 0 saturated carbocycles. The molecule has 168 valence electrons. The molecule has 7 nitrogen and oxygen atoms in total. The lowest BCUT2D eigenvalue weighted by Crippen LogP contribution is -2.46. The van der Waals surface area contributed by atoms with Crippen LogP contribution in [-0.2, 0) is 20.5 Å². The van der Waals surface area contributed by atoms with Gasteiger partial charge in [0, 0.05) is 31.0 Å². The summed E-state index contributed by atoms with van der Waals surface area (Å²) in [6.07, 6.45) is -0.588. The fourth-order valence-corrected chi connectivity index (χ4v) is 4.53. The van der Waals surface area contributed by atoms with Crippen LogP contribution in [0.1, 0.15) is 23.5 Å². The maximum absolute atomic E-state index is 13.1. The molecular formula is C22H21F3N4O3.